The molecular formula is C26H34N4O4. The molecule has 0 radical (unpaired) electrons. The molecule has 3 aliphatic heterocycles. The van der Waals surface area contributed by atoms with E-state index in [1.165, 1.54) is 10.9 Å². The van der Waals surface area contributed by atoms with Crippen molar-refractivity contribution in [3.8, 4) is 0 Å². The molecule has 34 heavy (non-hydrogen) atoms. The van der Waals surface area contributed by atoms with E-state index in [0.29, 0.717) is 38.2 Å². The Balaban J connectivity index is 1.14. The molecule has 4 heterocycles. The van der Waals surface area contributed by atoms with E-state index < -0.39 is 5.60 Å². The third kappa shape index (κ3) is 4.74. The first-order valence-corrected chi connectivity index (χ1v) is 12.4. The number of aliphatic hydroxyl groups is 1. The Morgan fingerprint density at radius 2 is 1.91 bits per heavy atom. The van der Waals surface area contributed by atoms with Crippen LogP contribution >= 0.6 is 0 Å². The van der Waals surface area contributed by atoms with Gasteiger partial charge in [-0.3, -0.25) is 14.2 Å². The number of likely N-dealkylation sites (tertiary alicyclic amines) is 1. The van der Waals surface area contributed by atoms with Crippen LogP contribution in [0.15, 0.2) is 47.5 Å². The molecule has 1 amide bonds. The number of aromatic nitrogens is 2. The summed E-state index contributed by atoms with van der Waals surface area (Å²) in [5.74, 6) is 0.932. The number of rotatable bonds is 6. The first-order chi connectivity index (χ1) is 16.3. The fourth-order valence-electron chi connectivity index (χ4n) is 5.46. The zero-order chi connectivity index (χ0) is 23.8. The lowest BCUT2D eigenvalue weighted by molar-refractivity contribution is -0.136. The Labute approximate surface area is 200 Å². The smallest absolute Gasteiger partial charge is 0.255 e. The van der Waals surface area contributed by atoms with Gasteiger partial charge >= 0.3 is 0 Å². The normalized spacial score (nSPS) is 21.9. The maximum atomic E-state index is 12.8. The molecule has 1 aromatic heterocycles. The van der Waals surface area contributed by atoms with Crippen molar-refractivity contribution >= 4 is 11.7 Å². The van der Waals surface area contributed by atoms with Crippen molar-refractivity contribution in [1.82, 2.24) is 14.5 Å². The number of anilines is 1. The van der Waals surface area contributed by atoms with Gasteiger partial charge in [0.25, 0.3) is 5.56 Å². The van der Waals surface area contributed by atoms with Crippen LogP contribution in [-0.4, -0.2) is 69.5 Å². The molecule has 0 saturated carbocycles. The van der Waals surface area contributed by atoms with Crippen LogP contribution in [-0.2, 0) is 16.1 Å². The summed E-state index contributed by atoms with van der Waals surface area (Å²) in [5, 5.41) is 11.1. The van der Waals surface area contributed by atoms with Crippen LogP contribution in [0.25, 0.3) is 0 Å². The van der Waals surface area contributed by atoms with Crippen molar-refractivity contribution in [1.29, 1.82) is 0 Å². The monoisotopic (exact) mass is 466 g/mol. The van der Waals surface area contributed by atoms with Crippen LogP contribution in [0.5, 0.6) is 0 Å². The summed E-state index contributed by atoms with van der Waals surface area (Å²) in [4.78, 5) is 33.9. The number of carbonyl (C=O) groups excluding carboxylic acids is 1. The zero-order valence-electron chi connectivity index (χ0n) is 19.9. The van der Waals surface area contributed by atoms with Crippen LogP contribution in [0, 0.1) is 0 Å². The minimum atomic E-state index is -1.02. The average Bonchev–Trinajstić information content (AvgIpc) is 3.31. The van der Waals surface area contributed by atoms with Gasteiger partial charge in [-0.1, -0.05) is 37.3 Å². The molecule has 1 unspecified atom stereocenters. The predicted molar refractivity (Wildman–Crippen MR) is 129 cm³/mol. The van der Waals surface area contributed by atoms with Gasteiger partial charge in [0.2, 0.25) is 5.91 Å². The summed E-state index contributed by atoms with van der Waals surface area (Å²) < 4.78 is 7.34. The summed E-state index contributed by atoms with van der Waals surface area (Å²) in [7, 11) is 0. The van der Waals surface area contributed by atoms with E-state index in [1.54, 1.807) is 6.07 Å². The van der Waals surface area contributed by atoms with Crippen molar-refractivity contribution in [3.63, 3.8) is 0 Å². The fraction of sp³-hybridized carbons (Fsp3) is 0.577. The lowest BCUT2D eigenvalue weighted by atomic mass is 9.90. The van der Waals surface area contributed by atoms with E-state index in [4.69, 9.17) is 4.74 Å². The molecule has 2 aromatic rings. The van der Waals surface area contributed by atoms with Crippen LogP contribution in [0.2, 0.25) is 0 Å². The van der Waals surface area contributed by atoms with Gasteiger partial charge in [0.05, 0.1) is 31.6 Å². The van der Waals surface area contributed by atoms with Gasteiger partial charge in [0, 0.05) is 32.2 Å². The molecule has 1 aromatic carbocycles. The summed E-state index contributed by atoms with van der Waals surface area (Å²) >= 11 is 0. The van der Waals surface area contributed by atoms with Crippen LogP contribution in [0.1, 0.15) is 50.5 Å². The minimum absolute atomic E-state index is 0.0456. The average molecular weight is 467 g/mol. The standard InChI is InChI=1S/C26H34N4O4/c1-20(21-6-3-2-4-7-21)14-23(31)28-11-9-25(33,10-12-28)16-30-19-27-22(15-24(30)32)29-17-26(18-29)8-5-13-34-26/h2-4,6-7,15,19-20,33H,5,8-14,16-18H2,1H3. The molecule has 1 atom stereocenters. The quantitative estimate of drug-likeness (QED) is 0.702. The summed E-state index contributed by atoms with van der Waals surface area (Å²) in [6, 6.07) is 11.6. The van der Waals surface area contributed by atoms with Gasteiger partial charge in [-0.15, -0.1) is 0 Å². The Kier molecular flexibility index (Phi) is 6.20. The molecule has 182 valence electrons. The van der Waals surface area contributed by atoms with E-state index in [1.807, 2.05) is 35.2 Å². The number of ether oxygens (including phenoxy) is 1. The first kappa shape index (κ1) is 23.1. The van der Waals surface area contributed by atoms with Crippen LogP contribution < -0.4 is 10.5 Å². The Hall–Kier alpha value is -2.71. The van der Waals surface area contributed by atoms with E-state index >= 15 is 0 Å². The molecule has 0 bridgehead atoms. The van der Waals surface area contributed by atoms with Crippen molar-refractivity contribution in [2.45, 2.75) is 62.7 Å². The molecular weight excluding hydrogens is 432 g/mol. The molecule has 3 aliphatic rings. The maximum absolute atomic E-state index is 12.8. The Morgan fingerprint density at radius 3 is 2.56 bits per heavy atom. The second-order valence-corrected chi connectivity index (χ2v) is 10.3. The van der Waals surface area contributed by atoms with Gasteiger partial charge < -0.3 is 19.6 Å². The van der Waals surface area contributed by atoms with Crippen molar-refractivity contribution in [3.05, 3.63) is 58.6 Å². The van der Waals surface area contributed by atoms with Crippen LogP contribution in [0.3, 0.4) is 0 Å². The summed E-state index contributed by atoms with van der Waals surface area (Å²) in [5.41, 5.74) is -0.0747. The van der Waals surface area contributed by atoms with E-state index in [-0.39, 0.29) is 29.5 Å². The summed E-state index contributed by atoms with van der Waals surface area (Å²) in [6.07, 6.45) is 5.04. The largest absolute Gasteiger partial charge is 0.388 e. The number of amides is 1. The number of benzene rings is 1. The molecule has 5 rings (SSSR count). The Bertz CT molecular complexity index is 1060. The van der Waals surface area contributed by atoms with Gasteiger partial charge in [0.1, 0.15) is 11.4 Å². The first-order valence-electron chi connectivity index (χ1n) is 12.4. The molecule has 8 heteroatoms. The van der Waals surface area contributed by atoms with Gasteiger partial charge in [0.15, 0.2) is 0 Å². The molecule has 1 N–H and O–H groups in total. The third-order valence-electron chi connectivity index (χ3n) is 7.69. The molecule has 8 nitrogen and oxygen atoms in total. The second-order valence-electron chi connectivity index (χ2n) is 10.3. The highest BCUT2D eigenvalue weighted by Crippen LogP contribution is 2.36. The van der Waals surface area contributed by atoms with Gasteiger partial charge in [-0.25, -0.2) is 4.98 Å². The number of nitrogens with zero attached hydrogens (tertiary/aromatic N) is 4. The lowest BCUT2D eigenvalue weighted by Gasteiger charge is -2.47. The van der Waals surface area contributed by atoms with Gasteiger partial charge in [-0.2, -0.15) is 0 Å². The van der Waals surface area contributed by atoms with Crippen molar-refractivity contribution < 1.29 is 14.6 Å². The molecule has 3 saturated heterocycles. The highest BCUT2D eigenvalue weighted by Gasteiger charge is 2.47. The molecule has 0 aliphatic carbocycles. The maximum Gasteiger partial charge on any atom is 0.255 e. The highest BCUT2D eigenvalue weighted by atomic mass is 16.5. The molecule has 1 spiro atoms. The lowest BCUT2D eigenvalue weighted by Crippen LogP contribution is -2.62. The fourth-order valence-corrected chi connectivity index (χ4v) is 5.46. The van der Waals surface area contributed by atoms with Crippen molar-refractivity contribution in [2.24, 2.45) is 0 Å². The number of hydrogen-bond acceptors (Lipinski definition) is 6. The number of carbonyl (C=O) groups is 1. The summed E-state index contributed by atoms with van der Waals surface area (Å²) in [6.45, 7) is 5.61. The van der Waals surface area contributed by atoms with E-state index in [2.05, 4.69) is 16.8 Å². The van der Waals surface area contributed by atoms with E-state index in [0.717, 1.165) is 38.1 Å². The Morgan fingerprint density at radius 1 is 1.18 bits per heavy atom. The zero-order valence-corrected chi connectivity index (χ0v) is 19.9. The van der Waals surface area contributed by atoms with Crippen LogP contribution in [0.4, 0.5) is 5.82 Å². The predicted octanol–water partition coefficient (Wildman–Crippen LogP) is 2.16. The van der Waals surface area contributed by atoms with Gasteiger partial charge in [-0.05, 0) is 37.2 Å². The highest BCUT2D eigenvalue weighted by molar-refractivity contribution is 5.77. The second kappa shape index (κ2) is 9.15. The molecule has 3 fully saturated rings. The third-order valence-corrected chi connectivity index (χ3v) is 7.69. The SMILES string of the molecule is CC(CC(=O)N1CCC(O)(Cn2cnc(N3CC4(CCCO4)C3)cc2=O)CC1)c1ccccc1. The van der Waals surface area contributed by atoms with Crippen molar-refractivity contribution in [2.75, 3.05) is 37.7 Å². The minimum Gasteiger partial charge on any atom is -0.388 e. The topological polar surface area (TPSA) is 87.9 Å². The van der Waals surface area contributed by atoms with E-state index in [9.17, 15) is 14.7 Å². The number of piperidine rings is 1. The number of hydrogen-bond donors (Lipinski definition) is 1.